The highest BCUT2D eigenvalue weighted by atomic mass is 32.1. The van der Waals surface area contributed by atoms with Gasteiger partial charge in [-0.25, -0.2) is 0 Å². The summed E-state index contributed by atoms with van der Waals surface area (Å²) >= 11 is 3.87. The van der Waals surface area contributed by atoms with Gasteiger partial charge in [-0.2, -0.15) is 0 Å². The molecule has 5 atom stereocenters. The van der Waals surface area contributed by atoms with Crippen LogP contribution in [0, 0.1) is 0 Å². The van der Waals surface area contributed by atoms with Crippen LogP contribution in [0.25, 0.3) is 0 Å². The molecule has 11 heavy (non-hydrogen) atoms. The Morgan fingerprint density at radius 1 is 1.09 bits per heavy atom. The van der Waals surface area contributed by atoms with Crippen molar-refractivity contribution in [1.82, 2.24) is 0 Å². The van der Waals surface area contributed by atoms with Gasteiger partial charge in [0.15, 0.2) is 0 Å². The van der Waals surface area contributed by atoms with Crippen molar-refractivity contribution in [2.75, 3.05) is 0 Å². The smallest absolute Gasteiger partial charge is 0.129 e. The molecule has 0 aliphatic carbocycles. The predicted molar refractivity (Wildman–Crippen MR) is 41.3 cm³/mol. The van der Waals surface area contributed by atoms with Crippen molar-refractivity contribution >= 4 is 12.6 Å². The SMILES string of the molecule is C[C@@H]1O[C@H](S)[C@H](O)[C@H](O)[C@H]1O. The van der Waals surface area contributed by atoms with Crippen molar-refractivity contribution < 1.29 is 20.1 Å². The van der Waals surface area contributed by atoms with E-state index in [9.17, 15) is 0 Å². The maximum atomic E-state index is 9.17. The minimum Gasteiger partial charge on any atom is -0.388 e. The molecule has 1 aliphatic heterocycles. The fraction of sp³-hybridized carbons (Fsp3) is 1.00. The monoisotopic (exact) mass is 180 g/mol. The van der Waals surface area contributed by atoms with Crippen LogP contribution in [0.5, 0.6) is 0 Å². The standard InChI is InChI=1S/C6H12O4S/c1-2-3(7)4(8)5(9)6(11)10-2/h2-9,11H,1H3/t2-,3-,4+,5+,6+/m0/s1. The molecule has 1 saturated heterocycles. The molecule has 0 aromatic carbocycles. The number of aliphatic hydroxyl groups is 3. The average Bonchev–Trinajstić information content (AvgIpc) is 1.97. The third kappa shape index (κ3) is 1.68. The van der Waals surface area contributed by atoms with Crippen molar-refractivity contribution in [2.45, 2.75) is 36.8 Å². The first-order valence-electron chi connectivity index (χ1n) is 3.41. The summed E-state index contributed by atoms with van der Waals surface area (Å²) in [6.45, 7) is 1.61. The maximum absolute atomic E-state index is 9.17. The lowest BCUT2D eigenvalue weighted by molar-refractivity contribution is -0.191. The highest BCUT2D eigenvalue weighted by Crippen LogP contribution is 2.22. The van der Waals surface area contributed by atoms with E-state index in [1.807, 2.05) is 0 Å². The minimum absolute atomic E-state index is 0.490. The van der Waals surface area contributed by atoms with Gasteiger partial charge in [0, 0.05) is 0 Å². The average molecular weight is 180 g/mol. The summed E-state index contributed by atoms with van der Waals surface area (Å²) in [4.78, 5) is 0. The van der Waals surface area contributed by atoms with Gasteiger partial charge in [0.2, 0.25) is 0 Å². The molecule has 0 aromatic heterocycles. The second-order valence-corrected chi connectivity index (χ2v) is 3.21. The molecular weight excluding hydrogens is 168 g/mol. The van der Waals surface area contributed by atoms with E-state index in [0.717, 1.165) is 0 Å². The van der Waals surface area contributed by atoms with E-state index in [4.69, 9.17) is 20.1 Å². The number of thiol groups is 1. The molecule has 0 bridgehead atoms. The molecule has 1 heterocycles. The summed E-state index contributed by atoms with van der Waals surface area (Å²) in [7, 11) is 0. The topological polar surface area (TPSA) is 69.9 Å². The highest BCUT2D eigenvalue weighted by Gasteiger charge is 2.39. The lowest BCUT2D eigenvalue weighted by Crippen LogP contribution is -2.54. The predicted octanol–water partition coefficient (Wildman–Crippen LogP) is -1.26. The molecule has 4 nitrogen and oxygen atoms in total. The second-order valence-electron chi connectivity index (χ2n) is 2.70. The third-order valence-electron chi connectivity index (χ3n) is 1.83. The lowest BCUT2D eigenvalue weighted by atomic mass is 10.0. The molecule has 0 amide bonds. The number of hydrogen-bond donors (Lipinski definition) is 4. The zero-order valence-corrected chi connectivity index (χ0v) is 6.98. The minimum atomic E-state index is -1.17. The van der Waals surface area contributed by atoms with E-state index in [2.05, 4.69) is 12.6 Å². The molecule has 1 fully saturated rings. The Bertz CT molecular complexity index is 129. The first-order valence-corrected chi connectivity index (χ1v) is 3.93. The van der Waals surface area contributed by atoms with E-state index in [1.54, 1.807) is 6.92 Å². The van der Waals surface area contributed by atoms with Crippen molar-refractivity contribution in [3.8, 4) is 0 Å². The van der Waals surface area contributed by atoms with Crippen molar-refractivity contribution in [1.29, 1.82) is 0 Å². The van der Waals surface area contributed by atoms with Crippen LogP contribution >= 0.6 is 12.6 Å². The summed E-state index contributed by atoms with van der Waals surface area (Å²) in [5, 5.41) is 27.4. The molecule has 0 spiro atoms. The Morgan fingerprint density at radius 3 is 2.18 bits per heavy atom. The van der Waals surface area contributed by atoms with Crippen LogP contribution < -0.4 is 0 Å². The first-order chi connectivity index (χ1) is 5.04. The Kier molecular flexibility index (Phi) is 2.77. The van der Waals surface area contributed by atoms with Gasteiger partial charge in [0.05, 0.1) is 6.10 Å². The van der Waals surface area contributed by atoms with Gasteiger partial charge in [0.1, 0.15) is 23.7 Å². The van der Waals surface area contributed by atoms with Gasteiger partial charge in [-0.05, 0) is 6.92 Å². The molecule has 0 aromatic rings. The van der Waals surface area contributed by atoms with Crippen molar-refractivity contribution in [2.24, 2.45) is 0 Å². The molecule has 0 radical (unpaired) electrons. The van der Waals surface area contributed by atoms with Gasteiger partial charge in [-0.15, -0.1) is 12.6 Å². The summed E-state index contributed by atoms with van der Waals surface area (Å²) in [5.41, 5.74) is -0.719. The number of rotatable bonds is 0. The Morgan fingerprint density at radius 2 is 1.64 bits per heavy atom. The van der Waals surface area contributed by atoms with E-state index in [-0.39, 0.29) is 0 Å². The van der Waals surface area contributed by atoms with Crippen LogP contribution in [0.1, 0.15) is 6.92 Å². The number of ether oxygens (including phenoxy) is 1. The van der Waals surface area contributed by atoms with E-state index >= 15 is 0 Å². The summed E-state index contributed by atoms with van der Waals surface area (Å²) in [6, 6.07) is 0. The van der Waals surface area contributed by atoms with E-state index < -0.39 is 29.9 Å². The van der Waals surface area contributed by atoms with Crippen molar-refractivity contribution in [3.05, 3.63) is 0 Å². The van der Waals surface area contributed by atoms with Gasteiger partial charge >= 0.3 is 0 Å². The second kappa shape index (κ2) is 3.28. The quantitative estimate of drug-likeness (QED) is 0.351. The normalized spacial score (nSPS) is 52.6. The maximum Gasteiger partial charge on any atom is 0.129 e. The number of aliphatic hydroxyl groups excluding tert-OH is 3. The zero-order valence-electron chi connectivity index (χ0n) is 6.08. The molecule has 1 rings (SSSR count). The molecule has 3 N–H and O–H groups in total. The van der Waals surface area contributed by atoms with Crippen LogP contribution in [0.15, 0.2) is 0 Å². The highest BCUT2D eigenvalue weighted by molar-refractivity contribution is 7.80. The van der Waals surface area contributed by atoms with Crippen LogP contribution in [0.4, 0.5) is 0 Å². The molecular formula is C6H12O4S. The Labute approximate surface area is 70.2 Å². The molecule has 5 heteroatoms. The van der Waals surface area contributed by atoms with Gasteiger partial charge < -0.3 is 20.1 Å². The molecule has 0 unspecified atom stereocenters. The largest absolute Gasteiger partial charge is 0.388 e. The molecule has 0 saturated carbocycles. The van der Waals surface area contributed by atoms with Crippen LogP contribution in [-0.4, -0.2) is 45.2 Å². The van der Waals surface area contributed by atoms with Gasteiger partial charge in [-0.1, -0.05) is 0 Å². The summed E-state index contributed by atoms with van der Waals surface area (Å²) in [5.74, 6) is 0. The summed E-state index contributed by atoms with van der Waals surface area (Å²) < 4.78 is 4.99. The van der Waals surface area contributed by atoms with E-state index in [1.165, 1.54) is 0 Å². The fourth-order valence-corrected chi connectivity index (χ4v) is 1.40. The Balaban J connectivity index is 2.63. The number of hydrogen-bond acceptors (Lipinski definition) is 5. The lowest BCUT2D eigenvalue weighted by Gasteiger charge is -2.37. The van der Waals surface area contributed by atoms with Gasteiger partial charge in [-0.3, -0.25) is 0 Å². The third-order valence-corrected chi connectivity index (χ3v) is 2.25. The van der Waals surface area contributed by atoms with Crippen molar-refractivity contribution in [3.63, 3.8) is 0 Å². The Hall–Kier alpha value is 0.190. The molecule has 1 aliphatic rings. The van der Waals surface area contributed by atoms with Crippen LogP contribution in [0.3, 0.4) is 0 Å². The fourth-order valence-electron chi connectivity index (χ4n) is 1.03. The van der Waals surface area contributed by atoms with Crippen LogP contribution in [0.2, 0.25) is 0 Å². The zero-order chi connectivity index (χ0) is 8.59. The summed E-state index contributed by atoms with van der Waals surface area (Å²) in [6.07, 6.45) is -3.81. The van der Waals surface area contributed by atoms with Crippen LogP contribution in [-0.2, 0) is 4.74 Å². The van der Waals surface area contributed by atoms with E-state index in [0.29, 0.717) is 0 Å². The van der Waals surface area contributed by atoms with Gasteiger partial charge in [0.25, 0.3) is 0 Å². The first kappa shape index (κ1) is 9.28. The molecule has 66 valence electrons.